The first-order valence-corrected chi connectivity index (χ1v) is 5.96. The van der Waals surface area contributed by atoms with Gasteiger partial charge in [-0.05, 0) is 18.2 Å². The zero-order chi connectivity index (χ0) is 11.5. The number of carboxylic acids is 1. The average molecular weight is 255 g/mol. The van der Waals surface area contributed by atoms with Gasteiger partial charge in [0.1, 0.15) is 5.82 Å². The molecule has 0 unspecified atom stereocenters. The van der Waals surface area contributed by atoms with Gasteiger partial charge in [-0.3, -0.25) is 0 Å². The predicted molar refractivity (Wildman–Crippen MR) is 59.6 cm³/mol. The number of thiazole rings is 1. The Bertz CT molecular complexity index is 514. The van der Waals surface area contributed by atoms with Crippen molar-refractivity contribution >= 4 is 29.1 Å². The minimum Gasteiger partial charge on any atom is -0.478 e. The zero-order valence-corrected chi connectivity index (χ0v) is 9.52. The monoisotopic (exact) mass is 255 g/mol. The summed E-state index contributed by atoms with van der Waals surface area (Å²) in [5.41, 5.74) is -0.318. The maximum atomic E-state index is 13.1. The summed E-state index contributed by atoms with van der Waals surface area (Å²) in [5.74, 6) is -1.99. The standard InChI is InChI=1S/C10H6FNO2S2/c11-8-2-1-6(5-7(8)9(13)14)16-10-12-3-4-15-10/h1-5H,(H,13,14). The molecule has 82 valence electrons. The zero-order valence-electron chi connectivity index (χ0n) is 7.88. The van der Waals surface area contributed by atoms with Gasteiger partial charge in [0.25, 0.3) is 0 Å². The van der Waals surface area contributed by atoms with Crippen LogP contribution in [-0.2, 0) is 0 Å². The second kappa shape index (κ2) is 4.63. The number of hydrogen-bond donors (Lipinski definition) is 1. The molecule has 1 aromatic heterocycles. The summed E-state index contributed by atoms with van der Waals surface area (Å²) in [6, 6.07) is 4.00. The van der Waals surface area contributed by atoms with Gasteiger partial charge in [-0.2, -0.15) is 0 Å². The highest BCUT2D eigenvalue weighted by Crippen LogP contribution is 2.30. The number of carboxylic acid groups (broad SMARTS) is 1. The Morgan fingerprint density at radius 2 is 2.31 bits per heavy atom. The largest absolute Gasteiger partial charge is 0.478 e. The van der Waals surface area contributed by atoms with E-state index in [0.717, 1.165) is 10.4 Å². The summed E-state index contributed by atoms with van der Waals surface area (Å²) in [5, 5.41) is 10.6. The highest BCUT2D eigenvalue weighted by molar-refractivity contribution is 8.01. The molecule has 1 heterocycles. The van der Waals surface area contributed by atoms with E-state index in [1.807, 2.05) is 5.38 Å². The molecule has 0 aliphatic heterocycles. The van der Waals surface area contributed by atoms with Crippen LogP contribution in [-0.4, -0.2) is 16.1 Å². The van der Waals surface area contributed by atoms with Crippen molar-refractivity contribution in [3.63, 3.8) is 0 Å². The Hall–Kier alpha value is -1.40. The Kier molecular flexibility index (Phi) is 3.21. The molecule has 1 N–H and O–H groups in total. The quantitative estimate of drug-likeness (QED) is 0.915. The van der Waals surface area contributed by atoms with Gasteiger partial charge in [-0.15, -0.1) is 11.3 Å². The molecule has 0 aliphatic carbocycles. The highest BCUT2D eigenvalue weighted by atomic mass is 32.2. The van der Waals surface area contributed by atoms with E-state index >= 15 is 0 Å². The van der Waals surface area contributed by atoms with Crippen LogP contribution in [0, 0.1) is 5.82 Å². The van der Waals surface area contributed by atoms with Crippen LogP contribution in [0.25, 0.3) is 0 Å². The SMILES string of the molecule is O=C(O)c1cc(Sc2nccs2)ccc1F. The van der Waals surface area contributed by atoms with Crippen molar-refractivity contribution in [1.82, 2.24) is 4.98 Å². The van der Waals surface area contributed by atoms with Crippen molar-refractivity contribution in [3.8, 4) is 0 Å². The lowest BCUT2D eigenvalue weighted by molar-refractivity contribution is 0.0691. The first-order chi connectivity index (χ1) is 7.66. The summed E-state index contributed by atoms with van der Waals surface area (Å²) in [6.07, 6.45) is 1.66. The minimum atomic E-state index is -1.26. The molecule has 0 amide bonds. The first-order valence-electron chi connectivity index (χ1n) is 4.27. The molecule has 0 fully saturated rings. The minimum absolute atomic E-state index is 0.318. The van der Waals surface area contributed by atoms with Crippen molar-refractivity contribution in [3.05, 3.63) is 41.2 Å². The predicted octanol–water partition coefficient (Wildman–Crippen LogP) is 3.13. The van der Waals surface area contributed by atoms with E-state index in [1.54, 1.807) is 6.20 Å². The second-order valence-electron chi connectivity index (χ2n) is 2.85. The summed E-state index contributed by atoms with van der Waals surface area (Å²) in [4.78, 5) is 15.4. The second-order valence-corrected chi connectivity index (χ2v) is 5.06. The fourth-order valence-corrected chi connectivity index (χ4v) is 2.73. The van der Waals surface area contributed by atoms with Crippen LogP contribution in [0.2, 0.25) is 0 Å². The topological polar surface area (TPSA) is 50.2 Å². The summed E-state index contributed by atoms with van der Waals surface area (Å²) in [6.45, 7) is 0. The van der Waals surface area contributed by atoms with E-state index < -0.39 is 11.8 Å². The molecule has 2 aromatic rings. The number of carbonyl (C=O) groups is 1. The van der Waals surface area contributed by atoms with E-state index in [4.69, 9.17) is 5.11 Å². The van der Waals surface area contributed by atoms with E-state index in [0.29, 0.717) is 4.90 Å². The van der Waals surface area contributed by atoms with Gasteiger partial charge in [-0.1, -0.05) is 11.8 Å². The molecule has 0 radical (unpaired) electrons. The van der Waals surface area contributed by atoms with E-state index in [-0.39, 0.29) is 5.56 Å². The normalized spacial score (nSPS) is 10.3. The molecular formula is C10H6FNO2S2. The third-order valence-electron chi connectivity index (χ3n) is 1.78. The fourth-order valence-electron chi connectivity index (χ4n) is 1.09. The Morgan fingerprint density at radius 3 is 2.94 bits per heavy atom. The molecule has 1 aromatic carbocycles. The molecule has 6 heteroatoms. The van der Waals surface area contributed by atoms with Crippen LogP contribution in [0.5, 0.6) is 0 Å². The Morgan fingerprint density at radius 1 is 1.50 bits per heavy atom. The molecule has 0 aliphatic rings. The van der Waals surface area contributed by atoms with Crippen molar-refractivity contribution < 1.29 is 14.3 Å². The fraction of sp³-hybridized carbons (Fsp3) is 0. The van der Waals surface area contributed by atoms with Gasteiger partial charge in [0, 0.05) is 16.5 Å². The smallest absolute Gasteiger partial charge is 0.338 e. The molecule has 2 rings (SSSR count). The Labute approximate surface area is 99.0 Å². The molecule has 3 nitrogen and oxygen atoms in total. The molecule has 0 atom stereocenters. The van der Waals surface area contributed by atoms with Crippen molar-refractivity contribution in [2.45, 2.75) is 9.24 Å². The van der Waals surface area contributed by atoms with Gasteiger partial charge in [0.05, 0.1) is 5.56 Å². The van der Waals surface area contributed by atoms with Gasteiger partial charge >= 0.3 is 5.97 Å². The molecule has 16 heavy (non-hydrogen) atoms. The molecule has 0 saturated carbocycles. The van der Waals surface area contributed by atoms with Crippen LogP contribution in [0.1, 0.15) is 10.4 Å². The number of halogens is 1. The maximum Gasteiger partial charge on any atom is 0.338 e. The van der Waals surface area contributed by atoms with Crippen LogP contribution < -0.4 is 0 Å². The average Bonchev–Trinajstić information content (AvgIpc) is 2.73. The number of benzene rings is 1. The van der Waals surface area contributed by atoms with Crippen LogP contribution in [0.15, 0.2) is 39.0 Å². The number of hydrogen-bond acceptors (Lipinski definition) is 4. The van der Waals surface area contributed by atoms with Gasteiger partial charge < -0.3 is 5.11 Å². The lowest BCUT2D eigenvalue weighted by Crippen LogP contribution is -2.00. The van der Waals surface area contributed by atoms with E-state index in [2.05, 4.69) is 4.98 Å². The van der Waals surface area contributed by atoms with Crippen LogP contribution in [0.4, 0.5) is 4.39 Å². The molecular weight excluding hydrogens is 249 g/mol. The van der Waals surface area contributed by atoms with E-state index in [1.165, 1.54) is 35.2 Å². The number of nitrogens with zero attached hydrogens (tertiary/aromatic N) is 1. The van der Waals surface area contributed by atoms with E-state index in [9.17, 15) is 9.18 Å². The van der Waals surface area contributed by atoms with Gasteiger partial charge in [0.2, 0.25) is 0 Å². The number of aromatic carboxylic acids is 1. The van der Waals surface area contributed by atoms with Crippen molar-refractivity contribution in [1.29, 1.82) is 0 Å². The molecule has 0 bridgehead atoms. The Balaban J connectivity index is 2.29. The summed E-state index contributed by atoms with van der Waals surface area (Å²) >= 11 is 2.76. The van der Waals surface area contributed by atoms with Crippen molar-refractivity contribution in [2.24, 2.45) is 0 Å². The summed E-state index contributed by atoms with van der Waals surface area (Å²) in [7, 11) is 0. The molecule has 0 saturated heterocycles. The number of rotatable bonds is 3. The van der Waals surface area contributed by atoms with Crippen LogP contribution in [0.3, 0.4) is 0 Å². The van der Waals surface area contributed by atoms with Crippen molar-refractivity contribution in [2.75, 3.05) is 0 Å². The molecule has 0 spiro atoms. The number of aromatic nitrogens is 1. The third kappa shape index (κ3) is 2.40. The third-order valence-corrected chi connectivity index (χ3v) is 3.66. The lowest BCUT2D eigenvalue weighted by Gasteiger charge is -2.01. The first kappa shape index (κ1) is 11.1. The van der Waals surface area contributed by atoms with Crippen LogP contribution >= 0.6 is 23.1 Å². The summed E-state index contributed by atoms with van der Waals surface area (Å²) < 4.78 is 13.9. The van der Waals surface area contributed by atoms with Gasteiger partial charge in [0.15, 0.2) is 4.34 Å². The van der Waals surface area contributed by atoms with Gasteiger partial charge in [-0.25, -0.2) is 14.2 Å². The highest BCUT2D eigenvalue weighted by Gasteiger charge is 2.11. The maximum absolute atomic E-state index is 13.1. The lowest BCUT2D eigenvalue weighted by atomic mass is 10.2.